The van der Waals surface area contributed by atoms with Crippen molar-refractivity contribution in [1.29, 1.82) is 0 Å². The van der Waals surface area contributed by atoms with Crippen LogP contribution in [-0.2, 0) is 11.2 Å². The van der Waals surface area contributed by atoms with Gasteiger partial charge in [0.1, 0.15) is 0 Å². The molecule has 0 aromatic carbocycles. The molecule has 16 heavy (non-hydrogen) atoms. The van der Waals surface area contributed by atoms with E-state index >= 15 is 0 Å². The summed E-state index contributed by atoms with van der Waals surface area (Å²) in [6.45, 7) is 0.719. The molecule has 5 nitrogen and oxygen atoms in total. The molecule has 1 aliphatic carbocycles. The first kappa shape index (κ1) is 11.5. The second-order valence-corrected chi connectivity index (χ2v) is 4.44. The number of hydrogen-bond donors (Lipinski definition) is 1. The topological polar surface area (TPSA) is 74.2 Å². The molecule has 0 saturated heterocycles. The van der Waals surface area contributed by atoms with Crippen molar-refractivity contribution in [2.45, 2.75) is 38.1 Å². The Morgan fingerprint density at radius 1 is 1.56 bits per heavy atom. The molecule has 1 heterocycles. The Bertz CT molecular complexity index is 323. The molecule has 2 rings (SSSR count). The summed E-state index contributed by atoms with van der Waals surface area (Å²) in [7, 11) is 1.69. The number of ether oxygens (including phenoxy) is 1. The Morgan fingerprint density at radius 2 is 2.38 bits per heavy atom. The Hall–Kier alpha value is -0.940. The van der Waals surface area contributed by atoms with Crippen LogP contribution in [0, 0.1) is 5.92 Å². The molecule has 0 radical (unpaired) electrons. The lowest BCUT2D eigenvalue weighted by molar-refractivity contribution is 0.188. The van der Waals surface area contributed by atoms with Crippen LogP contribution in [0.15, 0.2) is 4.52 Å². The zero-order valence-electron chi connectivity index (χ0n) is 9.69. The van der Waals surface area contributed by atoms with Crippen LogP contribution in [0.4, 0.5) is 0 Å². The second kappa shape index (κ2) is 5.41. The molecule has 1 saturated carbocycles. The molecule has 0 spiro atoms. The minimum atomic E-state index is -0.157. The predicted octanol–water partition coefficient (Wildman–Crippen LogP) is 1.45. The molecular weight excluding hydrogens is 206 g/mol. The standard InChI is InChI=1S/C11H19N3O2/c1-15-6-2-3-9(12)11-13-10(14-16-11)7-8-4-5-8/h8-9H,2-7,12H2,1H3. The van der Waals surface area contributed by atoms with Gasteiger partial charge in [0.2, 0.25) is 5.89 Å². The lowest BCUT2D eigenvalue weighted by atomic mass is 10.2. The van der Waals surface area contributed by atoms with E-state index < -0.39 is 0 Å². The van der Waals surface area contributed by atoms with Crippen LogP contribution in [0.1, 0.15) is 43.4 Å². The minimum Gasteiger partial charge on any atom is -0.385 e. The Labute approximate surface area is 95.3 Å². The smallest absolute Gasteiger partial charge is 0.243 e. The van der Waals surface area contributed by atoms with Gasteiger partial charge in [0.25, 0.3) is 0 Å². The molecule has 1 aromatic heterocycles. The Morgan fingerprint density at radius 3 is 3.06 bits per heavy atom. The molecular formula is C11H19N3O2. The number of aromatic nitrogens is 2. The summed E-state index contributed by atoms with van der Waals surface area (Å²) in [4.78, 5) is 4.33. The van der Waals surface area contributed by atoms with Gasteiger partial charge >= 0.3 is 0 Å². The Kier molecular flexibility index (Phi) is 3.90. The average molecular weight is 225 g/mol. The lowest BCUT2D eigenvalue weighted by Gasteiger charge is -2.04. The highest BCUT2D eigenvalue weighted by molar-refractivity contribution is 4.95. The zero-order valence-corrected chi connectivity index (χ0v) is 9.69. The molecule has 0 bridgehead atoms. The molecule has 1 aliphatic rings. The van der Waals surface area contributed by atoms with Crippen molar-refractivity contribution in [1.82, 2.24) is 10.1 Å². The van der Waals surface area contributed by atoms with E-state index in [1.807, 2.05) is 0 Å². The normalized spacial score (nSPS) is 17.6. The van der Waals surface area contributed by atoms with E-state index in [2.05, 4.69) is 10.1 Å². The maximum Gasteiger partial charge on any atom is 0.243 e. The average Bonchev–Trinajstić information content (AvgIpc) is 2.95. The first-order valence-electron chi connectivity index (χ1n) is 5.86. The third-order valence-corrected chi connectivity index (χ3v) is 2.83. The first-order valence-corrected chi connectivity index (χ1v) is 5.86. The van der Waals surface area contributed by atoms with Crippen LogP contribution in [0.25, 0.3) is 0 Å². The molecule has 0 amide bonds. The molecule has 5 heteroatoms. The van der Waals surface area contributed by atoms with E-state index in [1.165, 1.54) is 12.8 Å². The maximum absolute atomic E-state index is 5.94. The summed E-state index contributed by atoms with van der Waals surface area (Å²) < 4.78 is 10.1. The van der Waals surface area contributed by atoms with E-state index in [9.17, 15) is 0 Å². The van der Waals surface area contributed by atoms with Crippen LogP contribution in [-0.4, -0.2) is 23.9 Å². The predicted molar refractivity (Wildman–Crippen MR) is 58.8 cm³/mol. The van der Waals surface area contributed by atoms with E-state index in [4.69, 9.17) is 15.0 Å². The van der Waals surface area contributed by atoms with Gasteiger partial charge in [0, 0.05) is 20.1 Å². The number of methoxy groups -OCH3 is 1. The summed E-state index contributed by atoms with van der Waals surface area (Å²) in [6, 6.07) is -0.157. The first-order chi connectivity index (χ1) is 7.79. The highest BCUT2D eigenvalue weighted by Crippen LogP contribution is 2.31. The third-order valence-electron chi connectivity index (χ3n) is 2.83. The third kappa shape index (κ3) is 3.28. The van der Waals surface area contributed by atoms with Gasteiger partial charge in [-0.2, -0.15) is 4.98 Å². The summed E-state index contributed by atoms with van der Waals surface area (Å²) in [5, 5.41) is 3.95. The molecule has 0 aliphatic heterocycles. The molecule has 2 N–H and O–H groups in total. The summed E-state index contributed by atoms with van der Waals surface area (Å²) in [6.07, 6.45) is 5.26. The van der Waals surface area contributed by atoms with Gasteiger partial charge in [-0.1, -0.05) is 5.16 Å². The van der Waals surface area contributed by atoms with Crippen LogP contribution in [0.5, 0.6) is 0 Å². The van der Waals surface area contributed by atoms with Gasteiger partial charge in [-0.05, 0) is 31.6 Å². The highest BCUT2D eigenvalue weighted by atomic mass is 16.5. The van der Waals surface area contributed by atoms with Crippen LogP contribution in [0.3, 0.4) is 0 Å². The minimum absolute atomic E-state index is 0.157. The monoisotopic (exact) mass is 225 g/mol. The molecule has 1 atom stereocenters. The fourth-order valence-electron chi connectivity index (χ4n) is 1.65. The van der Waals surface area contributed by atoms with Crippen molar-refractivity contribution < 1.29 is 9.26 Å². The number of hydrogen-bond acceptors (Lipinski definition) is 5. The largest absolute Gasteiger partial charge is 0.385 e. The number of nitrogens with two attached hydrogens (primary N) is 1. The zero-order chi connectivity index (χ0) is 11.4. The summed E-state index contributed by atoms with van der Waals surface area (Å²) in [5.41, 5.74) is 5.94. The number of nitrogens with zero attached hydrogens (tertiary/aromatic N) is 2. The second-order valence-electron chi connectivity index (χ2n) is 4.44. The van der Waals surface area contributed by atoms with Gasteiger partial charge in [-0.25, -0.2) is 0 Å². The van der Waals surface area contributed by atoms with Gasteiger partial charge in [0.15, 0.2) is 5.82 Å². The van der Waals surface area contributed by atoms with Gasteiger partial charge in [0.05, 0.1) is 6.04 Å². The lowest BCUT2D eigenvalue weighted by Crippen LogP contribution is -2.11. The van der Waals surface area contributed by atoms with Crippen molar-refractivity contribution in [3.05, 3.63) is 11.7 Å². The molecule has 90 valence electrons. The van der Waals surface area contributed by atoms with Gasteiger partial charge < -0.3 is 15.0 Å². The molecule has 1 fully saturated rings. The van der Waals surface area contributed by atoms with E-state index in [1.54, 1.807) is 7.11 Å². The van der Waals surface area contributed by atoms with Crippen molar-refractivity contribution in [3.8, 4) is 0 Å². The fourth-order valence-corrected chi connectivity index (χ4v) is 1.65. The Balaban J connectivity index is 1.80. The van der Waals surface area contributed by atoms with E-state index in [-0.39, 0.29) is 6.04 Å². The van der Waals surface area contributed by atoms with Crippen LogP contribution >= 0.6 is 0 Å². The summed E-state index contributed by atoms with van der Waals surface area (Å²) in [5.74, 6) is 2.14. The quantitative estimate of drug-likeness (QED) is 0.711. The van der Waals surface area contributed by atoms with Crippen molar-refractivity contribution in [2.24, 2.45) is 11.7 Å². The maximum atomic E-state index is 5.94. The fraction of sp³-hybridized carbons (Fsp3) is 0.818. The van der Waals surface area contributed by atoms with E-state index in [0.29, 0.717) is 5.89 Å². The van der Waals surface area contributed by atoms with Crippen molar-refractivity contribution in [2.75, 3.05) is 13.7 Å². The van der Waals surface area contributed by atoms with Crippen molar-refractivity contribution in [3.63, 3.8) is 0 Å². The summed E-state index contributed by atoms with van der Waals surface area (Å²) >= 11 is 0. The van der Waals surface area contributed by atoms with Crippen LogP contribution < -0.4 is 5.73 Å². The van der Waals surface area contributed by atoms with E-state index in [0.717, 1.165) is 37.6 Å². The van der Waals surface area contributed by atoms with Gasteiger partial charge in [-0.3, -0.25) is 0 Å². The number of rotatable bonds is 7. The molecule has 1 unspecified atom stereocenters. The SMILES string of the molecule is COCCCC(N)c1nc(CC2CC2)no1. The highest BCUT2D eigenvalue weighted by Gasteiger charge is 2.24. The van der Waals surface area contributed by atoms with Crippen LogP contribution in [0.2, 0.25) is 0 Å². The molecule has 1 aromatic rings. The van der Waals surface area contributed by atoms with Gasteiger partial charge in [-0.15, -0.1) is 0 Å². The van der Waals surface area contributed by atoms with Crippen molar-refractivity contribution >= 4 is 0 Å².